The molecular weight excluding hydrogens is 316 g/mol. The molecule has 0 aliphatic rings. The van der Waals surface area contributed by atoms with Gasteiger partial charge in [0.2, 0.25) is 0 Å². The van der Waals surface area contributed by atoms with E-state index in [4.69, 9.17) is 11.6 Å². The molecule has 0 atom stereocenters. The molecule has 0 aliphatic carbocycles. The number of aromatic nitrogens is 1. The van der Waals surface area contributed by atoms with E-state index in [1.807, 2.05) is 35.7 Å². The third-order valence-corrected chi connectivity index (χ3v) is 4.89. The van der Waals surface area contributed by atoms with Crippen LogP contribution in [0.15, 0.2) is 41.8 Å². The number of benzene rings is 1. The SMILES string of the molecule is O=[N+]([O-])c1cc(-c2csc(-c3ccccc3)n2)sc1Cl. The molecule has 0 fully saturated rings. The van der Waals surface area contributed by atoms with E-state index in [2.05, 4.69) is 4.98 Å². The largest absolute Gasteiger partial charge is 0.299 e. The molecule has 1 aromatic carbocycles. The zero-order valence-electron chi connectivity index (χ0n) is 9.95. The smallest absolute Gasteiger partial charge is 0.258 e. The van der Waals surface area contributed by atoms with Gasteiger partial charge < -0.3 is 0 Å². The van der Waals surface area contributed by atoms with Gasteiger partial charge in [0.05, 0.1) is 15.5 Å². The van der Waals surface area contributed by atoms with Gasteiger partial charge in [-0.3, -0.25) is 10.1 Å². The second kappa shape index (κ2) is 5.32. The van der Waals surface area contributed by atoms with Crippen LogP contribution >= 0.6 is 34.3 Å². The Morgan fingerprint density at radius 3 is 2.65 bits per heavy atom. The maximum absolute atomic E-state index is 10.8. The number of thiophene rings is 1. The predicted octanol–water partition coefficient (Wildman–Crippen LogP) is 5.10. The quantitative estimate of drug-likeness (QED) is 0.498. The van der Waals surface area contributed by atoms with E-state index in [0.29, 0.717) is 10.6 Å². The average molecular weight is 323 g/mol. The molecule has 0 saturated carbocycles. The van der Waals surface area contributed by atoms with E-state index in [0.717, 1.165) is 10.6 Å². The fourth-order valence-electron chi connectivity index (χ4n) is 1.71. The third-order valence-electron chi connectivity index (χ3n) is 2.64. The summed E-state index contributed by atoms with van der Waals surface area (Å²) in [4.78, 5) is 15.5. The van der Waals surface area contributed by atoms with E-state index in [-0.39, 0.29) is 10.0 Å². The summed E-state index contributed by atoms with van der Waals surface area (Å²) < 4.78 is 0.180. The Kier molecular flexibility index (Phi) is 3.52. The molecule has 0 bridgehead atoms. The number of nitrogens with zero attached hydrogens (tertiary/aromatic N) is 2. The Morgan fingerprint density at radius 1 is 1.25 bits per heavy atom. The first-order chi connectivity index (χ1) is 9.65. The number of hydrogen-bond acceptors (Lipinski definition) is 5. The van der Waals surface area contributed by atoms with Gasteiger partial charge in [-0.2, -0.15) is 0 Å². The molecule has 3 aromatic rings. The molecule has 7 heteroatoms. The summed E-state index contributed by atoms with van der Waals surface area (Å²) in [6.45, 7) is 0. The maximum atomic E-state index is 10.8. The van der Waals surface area contributed by atoms with Crippen molar-refractivity contribution < 1.29 is 4.92 Å². The van der Waals surface area contributed by atoms with Crippen molar-refractivity contribution in [3.63, 3.8) is 0 Å². The van der Waals surface area contributed by atoms with Gasteiger partial charge in [-0.15, -0.1) is 22.7 Å². The number of rotatable bonds is 3. The van der Waals surface area contributed by atoms with Gasteiger partial charge in [-0.25, -0.2) is 4.98 Å². The summed E-state index contributed by atoms with van der Waals surface area (Å²) in [5, 5.41) is 13.6. The first-order valence-corrected chi connectivity index (χ1v) is 7.67. The van der Waals surface area contributed by atoms with E-state index >= 15 is 0 Å². The van der Waals surface area contributed by atoms with Crippen molar-refractivity contribution in [2.75, 3.05) is 0 Å². The highest BCUT2D eigenvalue weighted by molar-refractivity contribution is 7.20. The highest BCUT2D eigenvalue weighted by Crippen LogP contribution is 2.40. The lowest BCUT2D eigenvalue weighted by Crippen LogP contribution is -1.84. The van der Waals surface area contributed by atoms with Gasteiger partial charge in [-0.05, 0) is 0 Å². The van der Waals surface area contributed by atoms with Crippen molar-refractivity contribution in [3.05, 3.63) is 56.2 Å². The van der Waals surface area contributed by atoms with Crippen LogP contribution in [0.2, 0.25) is 4.34 Å². The van der Waals surface area contributed by atoms with E-state index < -0.39 is 4.92 Å². The van der Waals surface area contributed by atoms with Crippen LogP contribution in [0.1, 0.15) is 0 Å². The van der Waals surface area contributed by atoms with E-state index in [9.17, 15) is 10.1 Å². The molecule has 0 saturated heterocycles. The Bertz CT molecular complexity index is 768. The zero-order valence-corrected chi connectivity index (χ0v) is 12.3. The monoisotopic (exact) mass is 322 g/mol. The lowest BCUT2D eigenvalue weighted by Gasteiger charge is -1.93. The zero-order chi connectivity index (χ0) is 14.1. The van der Waals surface area contributed by atoms with Gasteiger partial charge in [0.15, 0.2) is 4.34 Å². The van der Waals surface area contributed by atoms with Gasteiger partial charge in [0.1, 0.15) is 5.01 Å². The first kappa shape index (κ1) is 13.2. The lowest BCUT2D eigenvalue weighted by atomic mass is 10.2. The number of hydrogen-bond donors (Lipinski definition) is 0. The van der Waals surface area contributed by atoms with Crippen LogP contribution in [0.4, 0.5) is 5.69 Å². The molecule has 3 rings (SSSR count). The number of thiazole rings is 1. The van der Waals surface area contributed by atoms with Crippen LogP contribution in [-0.4, -0.2) is 9.91 Å². The van der Waals surface area contributed by atoms with Crippen LogP contribution in [-0.2, 0) is 0 Å². The van der Waals surface area contributed by atoms with Gasteiger partial charge in [0.25, 0.3) is 5.69 Å². The highest BCUT2D eigenvalue weighted by Gasteiger charge is 2.19. The third kappa shape index (κ3) is 2.45. The van der Waals surface area contributed by atoms with Crippen LogP contribution in [0.5, 0.6) is 0 Å². The molecule has 2 heterocycles. The standard InChI is InChI=1S/C13H7ClN2O2S2/c14-12-10(16(17)18)6-11(20-12)9-7-19-13(15-9)8-4-2-1-3-5-8/h1-7H. The fourth-order valence-corrected chi connectivity index (χ4v) is 3.79. The average Bonchev–Trinajstić information content (AvgIpc) is 3.06. The molecular formula is C13H7ClN2O2S2. The van der Waals surface area contributed by atoms with Crippen LogP contribution in [0.3, 0.4) is 0 Å². The number of nitro groups is 1. The van der Waals surface area contributed by atoms with E-state index in [1.165, 1.54) is 28.7 Å². The van der Waals surface area contributed by atoms with Crippen molar-refractivity contribution in [2.24, 2.45) is 0 Å². The second-order valence-electron chi connectivity index (χ2n) is 3.93. The molecule has 100 valence electrons. The summed E-state index contributed by atoms with van der Waals surface area (Å²) in [6.07, 6.45) is 0. The van der Waals surface area contributed by atoms with Gasteiger partial charge in [0, 0.05) is 17.0 Å². The van der Waals surface area contributed by atoms with Gasteiger partial charge in [-0.1, -0.05) is 41.9 Å². The second-order valence-corrected chi connectivity index (χ2v) is 6.44. The number of halogens is 1. The first-order valence-electron chi connectivity index (χ1n) is 5.60. The topological polar surface area (TPSA) is 56.0 Å². The Labute approximate surface area is 127 Å². The Balaban J connectivity index is 1.98. The molecule has 2 aromatic heterocycles. The lowest BCUT2D eigenvalue weighted by molar-refractivity contribution is -0.384. The summed E-state index contributed by atoms with van der Waals surface area (Å²) in [6, 6.07) is 11.3. The van der Waals surface area contributed by atoms with E-state index in [1.54, 1.807) is 0 Å². The predicted molar refractivity (Wildman–Crippen MR) is 82.5 cm³/mol. The van der Waals surface area contributed by atoms with Crippen LogP contribution in [0.25, 0.3) is 21.1 Å². The molecule has 0 amide bonds. The minimum atomic E-state index is -0.479. The van der Waals surface area contributed by atoms with Crippen molar-refractivity contribution in [1.29, 1.82) is 0 Å². The minimum Gasteiger partial charge on any atom is -0.258 e. The Hall–Kier alpha value is -1.76. The highest BCUT2D eigenvalue weighted by atomic mass is 35.5. The molecule has 0 spiro atoms. The Morgan fingerprint density at radius 2 is 2.00 bits per heavy atom. The summed E-state index contributed by atoms with van der Waals surface area (Å²) >= 11 is 8.54. The molecule has 0 aliphatic heterocycles. The summed E-state index contributed by atoms with van der Waals surface area (Å²) in [5.41, 5.74) is 1.68. The van der Waals surface area contributed by atoms with Crippen molar-refractivity contribution >= 4 is 40.0 Å². The van der Waals surface area contributed by atoms with Crippen molar-refractivity contribution in [3.8, 4) is 21.1 Å². The summed E-state index contributed by atoms with van der Waals surface area (Å²) in [5.74, 6) is 0. The molecule has 0 radical (unpaired) electrons. The molecule has 0 unspecified atom stereocenters. The maximum Gasteiger partial charge on any atom is 0.299 e. The molecule has 20 heavy (non-hydrogen) atoms. The molecule has 0 N–H and O–H groups in total. The minimum absolute atomic E-state index is 0.0686. The normalized spacial score (nSPS) is 10.7. The van der Waals surface area contributed by atoms with Crippen LogP contribution in [0, 0.1) is 10.1 Å². The fraction of sp³-hybridized carbons (Fsp3) is 0. The van der Waals surface area contributed by atoms with Crippen LogP contribution < -0.4 is 0 Å². The van der Waals surface area contributed by atoms with Gasteiger partial charge >= 0.3 is 0 Å². The van der Waals surface area contributed by atoms with Crippen molar-refractivity contribution in [1.82, 2.24) is 4.98 Å². The summed E-state index contributed by atoms with van der Waals surface area (Å²) in [7, 11) is 0. The van der Waals surface area contributed by atoms with Crippen molar-refractivity contribution in [2.45, 2.75) is 0 Å². The molecule has 4 nitrogen and oxygen atoms in total.